The number of ether oxygens (including phenoxy) is 1. The average molecular weight is 447 g/mol. The Balaban J connectivity index is 1.88. The van der Waals surface area contributed by atoms with Crippen LogP contribution in [-0.4, -0.2) is 37.1 Å². The van der Waals surface area contributed by atoms with Gasteiger partial charge in [0.2, 0.25) is 0 Å². The van der Waals surface area contributed by atoms with Gasteiger partial charge in [0, 0.05) is 24.2 Å². The highest BCUT2D eigenvalue weighted by atomic mass is 35.5. The highest BCUT2D eigenvalue weighted by Crippen LogP contribution is 2.31. The largest absolute Gasteiger partial charge is 0.378 e. The number of hydrogen-bond acceptors (Lipinski definition) is 6. The van der Waals surface area contributed by atoms with Gasteiger partial charge in [-0.05, 0) is 35.9 Å². The molecule has 0 saturated carbocycles. The molecule has 0 spiro atoms. The van der Waals surface area contributed by atoms with E-state index in [0.717, 1.165) is 5.69 Å². The number of nitrogens with zero attached hydrogens (tertiary/aromatic N) is 3. The number of amides is 1. The first-order valence-electron chi connectivity index (χ1n) is 8.88. The molecule has 0 bridgehead atoms. The number of carbonyl (C=O) groups excluding carboxylic acids is 1. The molecule has 1 amide bonds. The predicted octanol–water partition coefficient (Wildman–Crippen LogP) is 4.28. The zero-order chi connectivity index (χ0) is 21.7. The van der Waals surface area contributed by atoms with E-state index in [4.69, 9.17) is 27.9 Å². The third-order valence-electron chi connectivity index (χ3n) is 4.40. The maximum absolute atomic E-state index is 12.7. The molecule has 2 aromatic carbocycles. The Morgan fingerprint density at radius 1 is 1.23 bits per heavy atom. The summed E-state index contributed by atoms with van der Waals surface area (Å²) < 4.78 is 5.36. The molecule has 10 heteroatoms. The molecule has 2 aromatic rings. The van der Waals surface area contributed by atoms with E-state index in [9.17, 15) is 20.2 Å². The van der Waals surface area contributed by atoms with E-state index in [1.165, 1.54) is 24.3 Å². The molecular formula is C20H16Cl2N4O4. The summed E-state index contributed by atoms with van der Waals surface area (Å²) >= 11 is 11.9. The van der Waals surface area contributed by atoms with Crippen LogP contribution in [0.25, 0.3) is 6.08 Å². The number of nitrogens with one attached hydrogen (secondary N) is 1. The maximum atomic E-state index is 12.7. The van der Waals surface area contributed by atoms with E-state index in [1.807, 2.05) is 11.0 Å². The van der Waals surface area contributed by atoms with Crippen molar-refractivity contribution in [1.29, 1.82) is 5.26 Å². The van der Waals surface area contributed by atoms with E-state index < -0.39 is 10.8 Å². The molecule has 0 aliphatic carbocycles. The Labute approximate surface area is 182 Å². The summed E-state index contributed by atoms with van der Waals surface area (Å²) in [6.07, 6.45) is 1.26. The molecule has 0 aromatic heterocycles. The van der Waals surface area contributed by atoms with Crippen molar-refractivity contribution in [3.63, 3.8) is 0 Å². The molecule has 0 atom stereocenters. The Bertz CT molecular complexity index is 1060. The van der Waals surface area contributed by atoms with Gasteiger partial charge in [-0.1, -0.05) is 29.3 Å². The minimum Gasteiger partial charge on any atom is -0.378 e. The lowest BCUT2D eigenvalue weighted by Gasteiger charge is -2.30. The first-order valence-corrected chi connectivity index (χ1v) is 9.64. The molecule has 1 heterocycles. The number of nitro benzene ring substituents is 1. The highest BCUT2D eigenvalue weighted by molar-refractivity contribution is 6.32. The Morgan fingerprint density at radius 2 is 1.97 bits per heavy atom. The van der Waals surface area contributed by atoms with Crippen molar-refractivity contribution in [2.24, 2.45) is 0 Å². The Kier molecular flexibility index (Phi) is 6.90. The lowest BCUT2D eigenvalue weighted by atomic mass is 10.1. The van der Waals surface area contributed by atoms with Gasteiger partial charge in [-0.2, -0.15) is 5.26 Å². The second-order valence-corrected chi connectivity index (χ2v) is 7.20. The zero-order valence-electron chi connectivity index (χ0n) is 15.6. The minimum atomic E-state index is -0.660. The molecule has 0 radical (unpaired) electrons. The standard InChI is InChI=1S/C20H16Cl2N4O4/c21-15-2-4-18(25-5-7-30-8-6-25)17(11-15)24-20(27)14(12-23)9-13-1-3-16(22)19(10-13)26(28)29/h1-4,9-11H,5-8H2,(H,24,27)/b14-9+. The van der Waals surface area contributed by atoms with E-state index in [-0.39, 0.29) is 16.3 Å². The number of nitriles is 1. The van der Waals surface area contributed by atoms with Crippen molar-refractivity contribution in [1.82, 2.24) is 0 Å². The van der Waals surface area contributed by atoms with Crippen LogP contribution in [0.3, 0.4) is 0 Å². The van der Waals surface area contributed by atoms with Crippen LogP contribution in [0.5, 0.6) is 0 Å². The summed E-state index contributed by atoms with van der Waals surface area (Å²) in [4.78, 5) is 25.2. The van der Waals surface area contributed by atoms with E-state index >= 15 is 0 Å². The summed E-state index contributed by atoms with van der Waals surface area (Å²) in [6.45, 7) is 2.43. The van der Waals surface area contributed by atoms with E-state index in [0.29, 0.717) is 42.6 Å². The maximum Gasteiger partial charge on any atom is 0.288 e. The van der Waals surface area contributed by atoms with Crippen LogP contribution in [0.4, 0.5) is 17.1 Å². The van der Waals surface area contributed by atoms with Crippen LogP contribution >= 0.6 is 23.2 Å². The first kappa shape index (κ1) is 21.6. The van der Waals surface area contributed by atoms with Gasteiger partial charge >= 0.3 is 0 Å². The molecule has 154 valence electrons. The number of halogens is 2. The van der Waals surface area contributed by atoms with Gasteiger partial charge in [0.15, 0.2) is 0 Å². The molecule has 1 aliphatic rings. The summed E-state index contributed by atoms with van der Waals surface area (Å²) in [7, 11) is 0. The van der Waals surface area contributed by atoms with E-state index in [2.05, 4.69) is 5.32 Å². The van der Waals surface area contributed by atoms with Crippen LogP contribution < -0.4 is 10.2 Å². The molecular weight excluding hydrogens is 431 g/mol. The summed E-state index contributed by atoms with van der Waals surface area (Å²) in [5.41, 5.74) is 0.984. The monoisotopic (exact) mass is 446 g/mol. The Hall–Kier alpha value is -3.12. The third-order valence-corrected chi connectivity index (χ3v) is 4.96. The van der Waals surface area contributed by atoms with Crippen molar-refractivity contribution in [2.75, 3.05) is 36.5 Å². The molecule has 8 nitrogen and oxygen atoms in total. The SMILES string of the molecule is N#C/C(=C\c1ccc(Cl)c([N+](=O)[O-])c1)C(=O)Nc1cc(Cl)ccc1N1CCOCC1. The number of hydrogen-bond donors (Lipinski definition) is 1. The van der Waals surface area contributed by atoms with Crippen molar-refractivity contribution >= 4 is 52.2 Å². The minimum absolute atomic E-state index is 0.0332. The van der Waals surface area contributed by atoms with Crippen LogP contribution in [-0.2, 0) is 9.53 Å². The molecule has 0 unspecified atom stereocenters. The van der Waals surface area contributed by atoms with Gasteiger partial charge in [0.1, 0.15) is 16.7 Å². The summed E-state index contributed by atoms with van der Waals surface area (Å²) in [6, 6.07) is 11.0. The van der Waals surface area contributed by atoms with Gasteiger partial charge in [0.05, 0.1) is 29.5 Å². The number of carbonyl (C=O) groups is 1. The lowest BCUT2D eigenvalue weighted by Crippen LogP contribution is -2.36. The number of benzene rings is 2. The van der Waals surface area contributed by atoms with Crippen LogP contribution in [0, 0.1) is 21.4 Å². The fourth-order valence-corrected chi connectivity index (χ4v) is 3.31. The lowest BCUT2D eigenvalue weighted by molar-refractivity contribution is -0.384. The second-order valence-electron chi connectivity index (χ2n) is 6.35. The molecule has 1 N–H and O–H groups in total. The van der Waals surface area contributed by atoms with Crippen LogP contribution in [0.15, 0.2) is 42.0 Å². The predicted molar refractivity (Wildman–Crippen MR) is 115 cm³/mol. The van der Waals surface area contributed by atoms with Crippen LogP contribution in [0.2, 0.25) is 10.0 Å². The van der Waals surface area contributed by atoms with Crippen molar-refractivity contribution in [3.8, 4) is 6.07 Å². The van der Waals surface area contributed by atoms with Gasteiger partial charge in [-0.25, -0.2) is 0 Å². The van der Waals surface area contributed by atoms with Crippen molar-refractivity contribution in [2.45, 2.75) is 0 Å². The number of rotatable bonds is 5. The smallest absolute Gasteiger partial charge is 0.288 e. The average Bonchev–Trinajstić information content (AvgIpc) is 2.73. The zero-order valence-corrected chi connectivity index (χ0v) is 17.1. The molecule has 1 fully saturated rings. The fraction of sp³-hybridized carbons (Fsp3) is 0.200. The summed E-state index contributed by atoms with van der Waals surface area (Å²) in [5.74, 6) is -0.660. The Morgan fingerprint density at radius 3 is 2.63 bits per heavy atom. The van der Waals surface area contributed by atoms with Gasteiger partial charge in [-0.15, -0.1) is 0 Å². The van der Waals surface area contributed by atoms with Gasteiger partial charge in [-0.3, -0.25) is 14.9 Å². The normalized spacial score (nSPS) is 14.2. The summed E-state index contributed by atoms with van der Waals surface area (Å²) in [5, 5.41) is 23.6. The first-order chi connectivity index (χ1) is 14.4. The quantitative estimate of drug-likeness (QED) is 0.317. The van der Waals surface area contributed by atoms with Gasteiger partial charge < -0.3 is 15.0 Å². The van der Waals surface area contributed by atoms with Crippen molar-refractivity contribution in [3.05, 3.63) is 67.7 Å². The molecule has 3 rings (SSSR count). The number of nitro groups is 1. The topological polar surface area (TPSA) is 108 Å². The van der Waals surface area contributed by atoms with E-state index in [1.54, 1.807) is 18.2 Å². The molecule has 30 heavy (non-hydrogen) atoms. The molecule has 1 aliphatic heterocycles. The molecule has 1 saturated heterocycles. The number of anilines is 2. The third kappa shape index (κ3) is 5.07. The van der Waals surface area contributed by atoms with Gasteiger partial charge in [0.25, 0.3) is 11.6 Å². The second kappa shape index (κ2) is 9.59. The van der Waals surface area contributed by atoms with Crippen LogP contribution in [0.1, 0.15) is 5.56 Å². The fourth-order valence-electron chi connectivity index (χ4n) is 2.95. The van der Waals surface area contributed by atoms with Crippen molar-refractivity contribution < 1.29 is 14.5 Å². The number of morpholine rings is 1. The highest BCUT2D eigenvalue weighted by Gasteiger charge is 2.19.